The summed E-state index contributed by atoms with van der Waals surface area (Å²) in [6, 6.07) is 16.8. The Morgan fingerprint density at radius 1 is 1.06 bits per heavy atom. The molecule has 0 bridgehead atoms. The van der Waals surface area contributed by atoms with Gasteiger partial charge in [-0.1, -0.05) is 36.4 Å². The molecule has 0 aliphatic carbocycles. The molecular weight excluding hydrogens is 394 g/mol. The number of likely N-dealkylation sites (N-methyl/N-ethyl adjacent to an activating group) is 2. The second kappa shape index (κ2) is 7.16. The zero-order valence-corrected chi connectivity index (χ0v) is 17.6. The number of benzene rings is 2. The van der Waals surface area contributed by atoms with Gasteiger partial charge in [-0.3, -0.25) is 19.5 Å². The lowest BCUT2D eigenvalue weighted by Crippen LogP contribution is -2.64. The number of ether oxygens (including phenoxy) is 1. The molecule has 8 nitrogen and oxygen atoms in total. The molecule has 31 heavy (non-hydrogen) atoms. The molecule has 2 aromatic rings. The molecule has 0 spiro atoms. The monoisotopic (exact) mass is 417 g/mol. The number of anilines is 1. The minimum atomic E-state index is -0.591. The van der Waals surface area contributed by atoms with E-state index in [1.165, 1.54) is 4.90 Å². The van der Waals surface area contributed by atoms with Crippen molar-refractivity contribution < 1.29 is 14.3 Å². The highest BCUT2D eigenvalue weighted by atomic mass is 16.5. The number of imide groups is 1. The first-order valence-corrected chi connectivity index (χ1v) is 10.2. The van der Waals surface area contributed by atoms with Crippen molar-refractivity contribution in [2.75, 3.05) is 25.6 Å². The number of fused-ring (bicyclic) bond motifs is 3. The van der Waals surface area contributed by atoms with Gasteiger partial charge in [0.05, 0.1) is 18.5 Å². The molecule has 1 fully saturated rings. The summed E-state index contributed by atoms with van der Waals surface area (Å²) in [5.41, 5.74) is 2.77. The third-order valence-corrected chi connectivity index (χ3v) is 5.91. The fourth-order valence-corrected chi connectivity index (χ4v) is 4.34. The first kappa shape index (κ1) is 19.2. The van der Waals surface area contributed by atoms with Crippen molar-refractivity contribution in [1.29, 1.82) is 0 Å². The molecule has 0 N–H and O–H groups in total. The Kier molecular flexibility index (Phi) is 4.43. The van der Waals surface area contributed by atoms with Crippen molar-refractivity contribution in [3.63, 3.8) is 0 Å². The highest BCUT2D eigenvalue weighted by Crippen LogP contribution is 2.40. The Morgan fingerprint density at radius 2 is 1.84 bits per heavy atom. The molecule has 2 aromatic carbocycles. The van der Waals surface area contributed by atoms with Gasteiger partial charge in [0.15, 0.2) is 12.2 Å². The van der Waals surface area contributed by atoms with Gasteiger partial charge in [-0.25, -0.2) is 9.79 Å². The van der Waals surface area contributed by atoms with Crippen LogP contribution in [0, 0.1) is 0 Å². The molecule has 2 unspecified atom stereocenters. The molecule has 2 atom stereocenters. The van der Waals surface area contributed by atoms with Gasteiger partial charge in [0.2, 0.25) is 5.96 Å². The summed E-state index contributed by atoms with van der Waals surface area (Å²) >= 11 is 0. The Hall–Kier alpha value is -3.81. The van der Waals surface area contributed by atoms with E-state index in [1.54, 1.807) is 26.0 Å². The van der Waals surface area contributed by atoms with Crippen LogP contribution in [0.5, 0.6) is 5.75 Å². The van der Waals surface area contributed by atoms with Crippen molar-refractivity contribution in [2.24, 2.45) is 4.99 Å². The average molecular weight is 417 g/mol. The van der Waals surface area contributed by atoms with Crippen molar-refractivity contribution in [3.8, 4) is 5.75 Å². The summed E-state index contributed by atoms with van der Waals surface area (Å²) in [6.07, 6.45) is 1.38. The number of rotatable bonds is 4. The van der Waals surface area contributed by atoms with Crippen LogP contribution in [0.3, 0.4) is 0 Å². The van der Waals surface area contributed by atoms with Gasteiger partial charge in [0.1, 0.15) is 5.75 Å². The molecule has 0 saturated carbocycles. The highest BCUT2D eigenvalue weighted by Gasteiger charge is 2.54. The maximum Gasteiger partial charge on any atom is 0.328 e. The normalized spacial score (nSPS) is 22.4. The average Bonchev–Trinajstić information content (AvgIpc) is 3.35. The predicted octanol–water partition coefficient (Wildman–Crippen LogP) is 2.79. The number of amides is 3. The fraction of sp³-hybridized carbons (Fsp3) is 0.261. The summed E-state index contributed by atoms with van der Waals surface area (Å²) in [5.74, 6) is 1.11. The van der Waals surface area contributed by atoms with Crippen LogP contribution in [-0.4, -0.2) is 65.5 Å². The molecule has 0 radical (unpaired) electrons. The summed E-state index contributed by atoms with van der Waals surface area (Å²) in [6.45, 7) is 2.13. The summed E-state index contributed by atoms with van der Waals surface area (Å²) in [7, 11) is 3.32. The van der Waals surface area contributed by atoms with Gasteiger partial charge in [0.25, 0.3) is 5.91 Å². The number of carbonyl (C=O) groups excluding carboxylic acids is 2. The largest absolute Gasteiger partial charge is 0.497 e. The molecular formula is C23H23N5O3. The van der Waals surface area contributed by atoms with E-state index in [0.717, 1.165) is 22.7 Å². The van der Waals surface area contributed by atoms with E-state index >= 15 is 0 Å². The second-order valence-electron chi connectivity index (χ2n) is 7.59. The molecule has 3 aliphatic rings. The summed E-state index contributed by atoms with van der Waals surface area (Å²) < 4.78 is 5.42. The molecule has 0 aromatic heterocycles. The van der Waals surface area contributed by atoms with Crippen LogP contribution >= 0.6 is 0 Å². The highest BCUT2D eigenvalue weighted by molar-refractivity contribution is 6.16. The van der Waals surface area contributed by atoms with E-state index in [9.17, 15) is 9.59 Å². The SMILES string of the molecule is CCN1C(=O)C2C(N=C3N(c4cccc(OC)c4)C(c4ccccc4)=CN32)N(C)C1=O. The van der Waals surface area contributed by atoms with Crippen molar-refractivity contribution in [3.05, 3.63) is 66.4 Å². The number of guanidine groups is 1. The Morgan fingerprint density at radius 3 is 2.55 bits per heavy atom. The van der Waals surface area contributed by atoms with E-state index in [1.807, 2.05) is 70.6 Å². The third kappa shape index (κ3) is 2.78. The smallest absolute Gasteiger partial charge is 0.328 e. The van der Waals surface area contributed by atoms with E-state index in [2.05, 4.69) is 0 Å². The van der Waals surface area contributed by atoms with E-state index in [0.29, 0.717) is 12.5 Å². The number of aliphatic imine (C=N–C) groups is 1. The van der Waals surface area contributed by atoms with E-state index in [4.69, 9.17) is 9.73 Å². The van der Waals surface area contributed by atoms with E-state index in [-0.39, 0.29) is 11.9 Å². The standard InChI is InChI=1S/C23H23N5O3/c1-4-26-21(29)19-20(25(2)23(26)30)24-22-27(19)14-18(15-9-6-5-7-10-15)28(22)16-11-8-12-17(13-16)31-3/h5-14,19-20H,4H2,1-3H3. The van der Waals surface area contributed by atoms with Crippen LogP contribution in [0.4, 0.5) is 10.5 Å². The minimum Gasteiger partial charge on any atom is -0.497 e. The zero-order valence-electron chi connectivity index (χ0n) is 17.6. The van der Waals surface area contributed by atoms with Crippen LogP contribution in [-0.2, 0) is 4.79 Å². The number of methoxy groups -OCH3 is 1. The minimum absolute atomic E-state index is 0.231. The van der Waals surface area contributed by atoms with Crippen LogP contribution in [0.15, 0.2) is 65.8 Å². The fourth-order valence-electron chi connectivity index (χ4n) is 4.34. The van der Waals surface area contributed by atoms with Gasteiger partial charge in [-0.05, 0) is 19.1 Å². The molecule has 3 amide bonds. The van der Waals surface area contributed by atoms with Crippen molar-refractivity contribution in [1.82, 2.24) is 14.7 Å². The lowest BCUT2D eigenvalue weighted by atomic mass is 10.1. The second-order valence-corrected chi connectivity index (χ2v) is 7.59. The lowest BCUT2D eigenvalue weighted by molar-refractivity contribution is -0.136. The molecule has 158 valence electrons. The Bertz CT molecular complexity index is 1110. The first-order chi connectivity index (χ1) is 15.0. The first-order valence-electron chi connectivity index (χ1n) is 10.2. The number of hydrogen-bond donors (Lipinski definition) is 0. The molecule has 5 rings (SSSR count). The van der Waals surface area contributed by atoms with Crippen LogP contribution in [0.25, 0.3) is 5.70 Å². The third-order valence-electron chi connectivity index (χ3n) is 5.91. The topological polar surface area (TPSA) is 68.7 Å². The molecule has 3 aliphatic heterocycles. The number of carbonyl (C=O) groups is 2. The molecule has 1 saturated heterocycles. The number of urea groups is 1. The summed E-state index contributed by atoms with van der Waals surface area (Å²) in [4.78, 5) is 37.4. The van der Waals surface area contributed by atoms with Crippen LogP contribution < -0.4 is 9.64 Å². The van der Waals surface area contributed by atoms with Gasteiger partial charge >= 0.3 is 6.03 Å². The van der Waals surface area contributed by atoms with Gasteiger partial charge in [0, 0.05) is 31.4 Å². The Balaban J connectivity index is 1.64. The number of hydrogen-bond acceptors (Lipinski definition) is 6. The van der Waals surface area contributed by atoms with Gasteiger partial charge in [-0.2, -0.15) is 0 Å². The van der Waals surface area contributed by atoms with Crippen molar-refractivity contribution in [2.45, 2.75) is 19.1 Å². The van der Waals surface area contributed by atoms with Crippen LogP contribution in [0.2, 0.25) is 0 Å². The van der Waals surface area contributed by atoms with Gasteiger partial charge in [-0.15, -0.1) is 0 Å². The summed E-state index contributed by atoms with van der Waals surface area (Å²) in [5, 5.41) is 0. The maximum atomic E-state index is 13.2. The molecule has 3 heterocycles. The quantitative estimate of drug-likeness (QED) is 0.765. The van der Waals surface area contributed by atoms with Crippen molar-refractivity contribution >= 4 is 29.3 Å². The Labute approximate surface area is 180 Å². The number of nitrogens with zero attached hydrogens (tertiary/aromatic N) is 5. The maximum absolute atomic E-state index is 13.2. The predicted molar refractivity (Wildman–Crippen MR) is 117 cm³/mol. The van der Waals surface area contributed by atoms with Gasteiger partial charge < -0.3 is 9.64 Å². The van der Waals surface area contributed by atoms with Crippen LogP contribution in [0.1, 0.15) is 12.5 Å². The molecule has 8 heteroatoms. The lowest BCUT2D eigenvalue weighted by Gasteiger charge is -2.39. The van der Waals surface area contributed by atoms with E-state index < -0.39 is 12.2 Å². The zero-order chi connectivity index (χ0) is 21.7.